The van der Waals surface area contributed by atoms with Crippen molar-refractivity contribution in [1.29, 1.82) is 0 Å². The monoisotopic (exact) mass is 393 g/mol. The van der Waals surface area contributed by atoms with Gasteiger partial charge in [-0.2, -0.15) is 0 Å². The Bertz CT molecular complexity index is 1000. The summed E-state index contributed by atoms with van der Waals surface area (Å²) >= 11 is 0. The molecule has 0 unspecified atom stereocenters. The molecule has 0 bridgehead atoms. The van der Waals surface area contributed by atoms with Gasteiger partial charge in [-0.1, -0.05) is 18.2 Å². The predicted octanol–water partition coefficient (Wildman–Crippen LogP) is 3.93. The van der Waals surface area contributed by atoms with E-state index in [1.807, 2.05) is 6.07 Å². The van der Waals surface area contributed by atoms with Crippen LogP contribution in [0.2, 0.25) is 0 Å². The molecule has 1 heterocycles. The molecular weight excluding hydrogens is 374 g/mol. The second-order valence-corrected chi connectivity index (χ2v) is 5.84. The van der Waals surface area contributed by atoms with E-state index in [1.54, 1.807) is 48.5 Å². The minimum atomic E-state index is -0.718. The number of ketones is 1. The summed E-state index contributed by atoms with van der Waals surface area (Å²) in [5.74, 6) is 0.378. The number of benzene rings is 2. The number of hydrogen-bond acceptors (Lipinski definition) is 7. The lowest BCUT2D eigenvalue weighted by Crippen LogP contribution is -2.16. The highest BCUT2D eigenvalue weighted by Gasteiger charge is 2.19. The fourth-order valence-electron chi connectivity index (χ4n) is 2.54. The molecule has 0 aliphatic carbocycles. The van der Waals surface area contributed by atoms with Gasteiger partial charge in [-0.3, -0.25) is 4.79 Å². The van der Waals surface area contributed by atoms with Crippen LogP contribution in [0, 0.1) is 0 Å². The second-order valence-electron chi connectivity index (χ2n) is 5.84. The van der Waals surface area contributed by atoms with Gasteiger partial charge in [-0.15, -0.1) is 0 Å². The van der Waals surface area contributed by atoms with E-state index in [4.69, 9.17) is 18.9 Å². The molecule has 0 aliphatic rings. The van der Waals surface area contributed by atoms with Crippen LogP contribution >= 0.6 is 0 Å². The van der Waals surface area contributed by atoms with Gasteiger partial charge >= 0.3 is 5.97 Å². The van der Waals surface area contributed by atoms with Crippen molar-refractivity contribution in [3.63, 3.8) is 0 Å². The standard InChI is InChI=1S/C22H19NO6/c1-26-16-10-11-17(20(13-16)27-2)19(24)14-28-22(25)18-9-6-12-23-21(18)29-15-7-4-3-5-8-15/h3-13H,14H2,1-2H3. The molecule has 0 radical (unpaired) electrons. The lowest BCUT2D eigenvalue weighted by atomic mass is 10.1. The number of Topliss-reactive ketones (excluding diaryl/α,β-unsaturated/α-hetero) is 1. The van der Waals surface area contributed by atoms with Crippen molar-refractivity contribution in [2.45, 2.75) is 0 Å². The van der Waals surface area contributed by atoms with Crippen molar-refractivity contribution in [2.24, 2.45) is 0 Å². The zero-order chi connectivity index (χ0) is 20.6. The van der Waals surface area contributed by atoms with Gasteiger partial charge in [-0.25, -0.2) is 9.78 Å². The number of carbonyl (C=O) groups excluding carboxylic acids is 2. The lowest BCUT2D eigenvalue weighted by molar-refractivity contribution is 0.0470. The number of esters is 1. The molecule has 3 aromatic rings. The van der Waals surface area contributed by atoms with Gasteiger partial charge in [0.2, 0.25) is 11.7 Å². The van der Waals surface area contributed by atoms with E-state index in [1.165, 1.54) is 26.5 Å². The maximum absolute atomic E-state index is 12.5. The smallest absolute Gasteiger partial charge is 0.344 e. The van der Waals surface area contributed by atoms with Gasteiger partial charge in [0.05, 0.1) is 19.8 Å². The topological polar surface area (TPSA) is 84.0 Å². The molecule has 0 saturated carbocycles. The van der Waals surface area contributed by atoms with E-state index in [9.17, 15) is 9.59 Å². The van der Waals surface area contributed by atoms with Crippen molar-refractivity contribution in [1.82, 2.24) is 4.98 Å². The molecule has 29 heavy (non-hydrogen) atoms. The summed E-state index contributed by atoms with van der Waals surface area (Å²) in [5, 5.41) is 0. The molecule has 0 atom stereocenters. The average Bonchev–Trinajstić information content (AvgIpc) is 2.77. The van der Waals surface area contributed by atoms with E-state index in [-0.39, 0.29) is 17.0 Å². The van der Waals surface area contributed by atoms with E-state index in [0.29, 0.717) is 17.2 Å². The van der Waals surface area contributed by atoms with E-state index in [0.717, 1.165) is 0 Å². The van der Waals surface area contributed by atoms with Crippen LogP contribution in [0.1, 0.15) is 20.7 Å². The predicted molar refractivity (Wildman–Crippen MR) is 105 cm³/mol. The molecule has 148 valence electrons. The van der Waals surface area contributed by atoms with E-state index in [2.05, 4.69) is 4.98 Å². The fraction of sp³-hybridized carbons (Fsp3) is 0.136. The van der Waals surface area contributed by atoms with E-state index >= 15 is 0 Å². The Morgan fingerprint density at radius 2 is 1.66 bits per heavy atom. The molecule has 0 spiro atoms. The van der Waals surface area contributed by atoms with Crippen LogP contribution in [-0.2, 0) is 4.74 Å². The maximum atomic E-state index is 12.5. The molecule has 3 rings (SSSR count). The van der Waals surface area contributed by atoms with Crippen LogP contribution in [0.3, 0.4) is 0 Å². The number of nitrogens with zero attached hydrogens (tertiary/aromatic N) is 1. The maximum Gasteiger partial charge on any atom is 0.344 e. The minimum Gasteiger partial charge on any atom is -0.497 e. The Labute approximate surface area is 167 Å². The summed E-state index contributed by atoms with van der Waals surface area (Å²) in [6.07, 6.45) is 1.50. The minimum absolute atomic E-state index is 0.0955. The van der Waals surface area contributed by atoms with E-state index < -0.39 is 18.4 Å². The summed E-state index contributed by atoms with van der Waals surface area (Å²) in [5.41, 5.74) is 0.402. The third-order valence-corrected chi connectivity index (χ3v) is 3.99. The van der Waals surface area contributed by atoms with Gasteiger partial charge in [0.1, 0.15) is 22.8 Å². The SMILES string of the molecule is COc1ccc(C(=O)COC(=O)c2cccnc2Oc2ccccc2)c(OC)c1. The first kappa shape index (κ1) is 19.9. The van der Waals surface area contributed by atoms with Crippen molar-refractivity contribution in [2.75, 3.05) is 20.8 Å². The first-order valence-electron chi connectivity index (χ1n) is 8.72. The van der Waals surface area contributed by atoms with Crippen molar-refractivity contribution in [3.05, 3.63) is 78.0 Å². The third-order valence-electron chi connectivity index (χ3n) is 3.99. The number of pyridine rings is 1. The average molecular weight is 393 g/mol. The van der Waals surface area contributed by atoms with Crippen LogP contribution in [0.4, 0.5) is 0 Å². The number of rotatable bonds is 8. The van der Waals surface area contributed by atoms with Gasteiger partial charge in [0.25, 0.3) is 0 Å². The molecule has 2 aromatic carbocycles. The Hall–Kier alpha value is -3.87. The summed E-state index contributed by atoms with van der Waals surface area (Å²) in [6, 6.07) is 16.8. The Kier molecular flexibility index (Phi) is 6.42. The van der Waals surface area contributed by atoms with Crippen LogP contribution in [-0.4, -0.2) is 37.6 Å². The molecule has 0 fully saturated rings. The highest BCUT2D eigenvalue weighted by molar-refractivity contribution is 6.01. The number of methoxy groups -OCH3 is 2. The molecule has 0 aliphatic heterocycles. The Balaban J connectivity index is 1.71. The Morgan fingerprint density at radius 1 is 0.862 bits per heavy atom. The number of para-hydroxylation sites is 1. The summed E-state index contributed by atoms with van der Waals surface area (Å²) in [6.45, 7) is -0.457. The molecule has 0 saturated heterocycles. The molecular formula is C22H19NO6. The first-order chi connectivity index (χ1) is 14.1. The fourth-order valence-corrected chi connectivity index (χ4v) is 2.54. The quantitative estimate of drug-likeness (QED) is 0.423. The molecule has 0 N–H and O–H groups in total. The highest BCUT2D eigenvalue weighted by Crippen LogP contribution is 2.26. The largest absolute Gasteiger partial charge is 0.497 e. The Morgan fingerprint density at radius 3 is 2.38 bits per heavy atom. The van der Waals surface area contributed by atoms with Crippen LogP contribution in [0.5, 0.6) is 23.1 Å². The zero-order valence-corrected chi connectivity index (χ0v) is 16.0. The van der Waals surface area contributed by atoms with Crippen molar-refractivity contribution >= 4 is 11.8 Å². The summed E-state index contributed by atoms with van der Waals surface area (Å²) < 4.78 is 21.2. The number of ether oxygens (including phenoxy) is 4. The van der Waals surface area contributed by atoms with Gasteiger partial charge < -0.3 is 18.9 Å². The highest BCUT2D eigenvalue weighted by atomic mass is 16.5. The third kappa shape index (κ3) is 4.90. The molecule has 1 aromatic heterocycles. The van der Waals surface area contributed by atoms with Crippen molar-refractivity contribution < 1.29 is 28.5 Å². The van der Waals surface area contributed by atoms with Crippen molar-refractivity contribution in [3.8, 4) is 23.1 Å². The normalized spacial score (nSPS) is 10.1. The molecule has 7 heteroatoms. The van der Waals surface area contributed by atoms with Crippen LogP contribution in [0.25, 0.3) is 0 Å². The number of hydrogen-bond donors (Lipinski definition) is 0. The van der Waals surface area contributed by atoms with Crippen LogP contribution in [0.15, 0.2) is 66.9 Å². The molecule has 7 nitrogen and oxygen atoms in total. The van der Waals surface area contributed by atoms with Gasteiger partial charge in [-0.05, 0) is 36.4 Å². The van der Waals surface area contributed by atoms with Gasteiger partial charge in [0.15, 0.2) is 6.61 Å². The summed E-state index contributed by atoms with van der Waals surface area (Å²) in [4.78, 5) is 29.1. The first-order valence-corrected chi connectivity index (χ1v) is 8.72. The lowest BCUT2D eigenvalue weighted by Gasteiger charge is -2.11. The van der Waals surface area contributed by atoms with Crippen LogP contribution < -0.4 is 14.2 Å². The number of aromatic nitrogens is 1. The summed E-state index contributed by atoms with van der Waals surface area (Å²) in [7, 11) is 2.96. The zero-order valence-electron chi connectivity index (χ0n) is 16.0. The molecule has 0 amide bonds. The number of carbonyl (C=O) groups is 2. The second kappa shape index (κ2) is 9.36. The van der Waals surface area contributed by atoms with Gasteiger partial charge in [0, 0.05) is 12.3 Å².